The van der Waals surface area contributed by atoms with Gasteiger partial charge in [-0.15, -0.1) is 0 Å². The zero-order valence-electron chi connectivity index (χ0n) is 9.46. The summed E-state index contributed by atoms with van der Waals surface area (Å²) in [5, 5.41) is 0. The molecule has 0 spiro atoms. The number of rotatable bonds is 6. The van der Waals surface area contributed by atoms with Gasteiger partial charge in [0.1, 0.15) is 6.67 Å². The van der Waals surface area contributed by atoms with Crippen molar-refractivity contribution in [3.63, 3.8) is 0 Å². The molecule has 1 aromatic rings. The second-order valence-corrected chi connectivity index (χ2v) is 3.24. The molecule has 0 aliphatic rings. The molecular weight excluding hydrogens is 213 g/mol. The van der Waals surface area contributed by atoms with Crippen molar-refractivity contribution in [2.24, 2.45) is 5.90 Å². The van der Waals surface area contributed by atoms with E-state index in [2.05, 4.69) is 4.84 Å². The van der Waals surface area contributed by atoms with Gasteiger partial charge >= 0.3 is 0 Å². The number of hydrogen-bond acceptors (Lipinski definition) is 4. The largest absolute Gasteiger partial charge is 0.493 e. The Kier molecular flexibility index (Phi) is 5.01. The average Bonchev–Trinajstić information content (AvgIpc) is 2.34. The minimum absolute atomic E-state index is 0.376. The summed E-state index contributed by atoms with van der Waals surface area (Å²) in [4.78, 5) is 4.48. The van der Waals surface area contributed by atoms with E-state index in [0.29, 0.717) is 30.1 Å². The van der Waals surface area contributed by atoms with Gasteiger partial charge in [0.05, 0.1) is 20.8 Å². The van der Waals surface area contributed by atoms with E-state index in [1.165, 1.54) is 14.2 Å². The monoisotopic (exact) mass is 229 g/mol. The Bertz CT molecular complexity index is 319. The Morgan fingerprint density at radius 3 is 2.50 bits per heavy atom. The van der Waals surface area contributed by atoms with Gasteiger partial charge < -0.3 is 14.3 Å². The molecule has 0 aliphatic carbocycles. The predicted octanol–water partition coefficient (Wildman–Crippen LogP) is 1.61. The van der Waals surface area contributed by atoms with Gasteiger partial charge in [0.25, 0.3) is 0 Å². The SMILES string of the molecule is COc1cc(CCON)cc(CF)c1OC. The molecule has 1 aromatic carbocycles. The quantitative estimate of drug-likeness (QED) is 0.753. The summed E-state index contributed by atoms with van der Waals surface area (Å²) in [6.07, 6.45) is 0.601. The second-order valence-electron chi connectivity index (χ2n) is 3.24. The first kappa shape index (κ1) is 12.7. The number of alkyl halides is 1. The van der Waals surface area contributed by atoms with Crippen molar-refractivity contribution >= 4 is 0 Å². The van der Waals surface area contributed by atoms with E-state index < -0.39 is 6.67 Å². The fraction of sp³-hybridized carbons (Fsp3) is 0.455. The smallest absolute Gasteiger partial charge is 0.166 e. The number of hydrogen-bond donors (Lipinski definition) is 1. The van der Waals surface area contributed by atoms with Gasteiger partial charge in [-0.05, 0) is 24.1 Å². The highest BCUT2D eigenvalue weighted by Gasteiger charge is 2.12. The van der Waals surface area contributed by atoms with Crippen LogP contribution in [0.15, 0.2) is 12.1 Å². The molecule has 0 bridgehead atoms. The number of methoxy groups -OCH3 is 2. The van der Waals surface area contributed by atoms with Crippen molar-refractivity contribution in [2.45, 2.75) is 13.1 Å². The molecule has 2 N–H and O–H groups in total. The predicted molar refractivity (Wildman–Crippen MR) is 58.2 cm³/mol. The van der Waals surface area contributed by atoms with Crippen LogP contribution in [0, 0.1) is 0 Å². The Morgan fingerprint density at radius 2 is 2.00 bits per heavy atom. The van der Waals surface area contributed by atoms with E-state index in [9.17, 15) is 4.39 Å². The van der Waals surface area contributed by atoms with E-state index in [-0.39, 0.29) is 0 Å². The van der Waals surface area contributed by atoms with Gasteiger partial charge in [0.2, 0.25) is 0 Å². The first-order valence-electron chi connectivity index (χ1n) is 4.88. The average molecular weight is 229 g/mol. The topological polar surface area (TPSA) is 53.7 Å². The lowest BCUT2D eigenvalue weighted by Gasteiger charge is -2.13. The third-order valence-electron chi connectivity index (χ3n) is 2.27. The van der Waals surface area contributed by atoms with Gasteiger partial charge in [-0.25, -0.2) is 10.3 Å². The summed E-state index contributed by atoms with van der Waals surface area (Å²) in [6.45, 7) is -0.224. The van der Waals surface area contributed by atoms with E-state index in [0.717, 1.165) is 5.56 Å². The molecule has 0 amide bonds. The van der Waals surface area contributed by atoms with Crippen molar-refractivity contribution in [3.8, 4) is 11.5 Å². The third-order valence-corrected chi connectivity index (χ3v) is 2.27. The van der Waals surface area contributed by atoms with Gasteiger partial charge in [0, 0.05) is 5.56 Å². The first-order valence-corrected chi connectivity index (χ1v) is 4.88. The highest BCUT2D eigenvalue weighted by Crippen LogP contribution is 2.33. The van der Waals surface area contributed by atoms with Crippen LogP contribution >= 0.6 is 0 Å². The molecule has 0 unspecified atom stereocenters. The lowest BCUT2D eigenvalue weighted by molar-refractivity contribution is 0.141. The molecule has 90 valence electrons. The molecular formula is C11H16FNO3. The Morgan fingerprint density at radius 1 is 1.25 bits per heavy atom. The standard InChI is InChI=1S/C11H16FNO3/c1-14-10-6-8(3-4-16-13)5-9(7-12)11(10)15-2/h5-6H,3-4,7,13H2,1-2H3. The molecule has 0 atom stereocenters. The van der Waals surface area contributed by atoms with Crippen molar-refractivity contribution in [2.75, 3.05) is 20.8 Å². The maximum absolute atomic E-state index is 12.8. The van der Waals surface area contributed by atoms with Crippen molar-refractivity contribution in [1.29, 1.82) is 0 Å². The number of nitrogens with two attached hydrogens (primary N) is 1. The van der Waals surface area contributed by atoms with Crippen molar-refractivity contribution in [1.82, 2.24) is 0 Å². The first-order chi connectivity index (χ1) is 7.76. The molecule has 0 aliphatic heterocycles. The number of halogens is 1. The minimum Gasteiger partial charge on any atom is -0.493 e. The Hall–Kier alpha value is -1.33. The molecule has 0 saturated heterocycles. The lowest BCUT2D eigenvalue weighted by atomic mass is 10.1. The summed E-state index contributed by atoms with van der Waals surface area (Å²) in [5.74, 6) is 5.89. The van der Waals surface area contributed by atoms with E-state index in [1.54, 1.807) is 12.1 Å². The Labute approximate surface area is 94.1 Å². The molecule has 4 nitrogen and oxygen atoms in total. The summed E-state index contributed by atoms with van der Waals surface area (Å²) < 4.78 is 23.0. The second kappa shape index (κ2) is 6.30. The number of benzene rings is 1. The molecule has 16 heavy (non-hydrogen) atoms. The van der Waals surface area contributed by atoms with E-state index in [1.807, 2.05) is 0 Å². The summed E-state index contributed by atoms with van der Waals surface area (Å²) in [6, 6.07) is 3.51. The van der Waals surface area contributed by atoms with E-state index in [4.69, 9.17) is 15.4 Å². The molecule has 0 saturated carbocycles. The normalized spacial score (nSPS) is 10.2. The van der Waals surface area contributed by atoms with Crippen molar-refractivity contribution < 1.29 is 18.7 Å². The summed E-state index contributed by atoms with van der Waals surface area (Å²) >= 11 is 0. The molecule has 5 heteroatoms. The van der Waals surface area contributed by atoms with Gasteiger partial charge in [-0.2, -0.15) is 0 Å². The molecule has 1 rings (SSSR count). The maximum atomic E-state index is 12.8. The maximum Gasteiger partial charge on any atom is 0.166 e. The minimum atomic E-state index is -0.600. The highest BCUT2D eigenvalue weighted by atomic mass is 19.1. The van der Waals surface area contributed by atoms with Gasteiger partial charge in [0.15, 0.2) is 11.5 Å². The Balaban J connectivity index is 3.05. The summed E-state index contributed by atoms with van der Waals surface area (Å²) in [7, 11) is 3.00. The fourth-order valence-electron chi connectivity index (χ4n) is 1.53. The lowest BCUT2D eigenvalue weighted by Crippen LogP contribution is -2.05. The third kappa shape index (κ3) is 2.84. The van der Waals surface area contributed by atoms with Crippen LogP contribution < -0.4 is 15.4 Å². The van der Waals surface area contributed by atoms with Gasteiger partial charge in [-0.1, -0.05) is 0 Å². The van der Waals surface area contributed by atoms with Crippen LogP contribution in [0.4, 0.5) is 4.39 Å². The van der Waals surface area contributed by atoms with Crippen LogP contribution in [0.1, 0.15) is 11.1 Å². The zero-order chi connectivity index (χ0) is 12.0. The van der Waals surface area contributed by atoms with Crippen LogP contribution in [-0.4, -0.2) is 20.8 Å². The van der Waals surface area contributed by atoms with E-state index >= 15 is 0 Å². The van der Waals surface area contributed by atoms with Gasteiger partial charge in [-0.3, -0.25) is 0 Å². The van der Waals surface area contributed by atoms with Crippen LogP contribution in [0.3, 0.4) is 0 Å². The van der Waals surface area contributed by atoms with Crippen molar-refractivity contribution in [3.05, 3.63) is 23.3 Å². The van der Waals surface area contributed by atoms with Crippen LogP contribution in [-0.2, 0) is 17.9 Å². The van der Waals surface area contributed by atoms with Crippen LogP contribution in [0.2, 0.25) is 0 Å². The highest BCUT2D eigenvalue weighted by molar-refractivity contribution is 5.49. The van der Waals surface area contributed by atoms with Crippen LogP contribution in [0.25, 0.3) is 0 Å². The molecule has 0 heterocycles. The number of ether oxygens (including phenoxy) is 2. The van der Waals surface area contributed by atoms with Crippen LogP contribution in [0.5, 0.6) is 11.5 Å². The zero-order valence-corrected chi connectivity index (χ0v) is 9.46. The fourth-order valence-corrected chi connectivity index (χ4v) is 1.53. The molecule has 0 aromatic heterocycles. The molecule has 0 radical (unpaired) electrons. The molecule has 0 fully saturated rings. The summed E-state index contributed by atoms with van der Waals surface area (Å²) in [5.41, 5.74) is 1.37.